The number of ketones is 1. The van der Waals surface area contributed by atoms with Gasteiger partial charge in [0.2, 0.25) is 11.6 Å². The highest BCUT2D eigenvalue weighted by molar-refractivity contribution is 5.87. The van der Waals surface area contributed by atoms with E-state index in [0.717, 1.165) is 5.70 Å². The maximum absolute atomic E-state index is 11.6. The molecule has 1 aromatic heterocycles. The van der Waals surface area contributed by atoms with Crippen LogP contribution in [0.3, 0.4) is 0 Å². The van der Waals surface area contributed by atoms with Gasteiger partial charge in [-0.3, -0.25) is 9.79 Å². The van der Waals surface area contributed by atoms with Crippen LogP contribution in [-0.4, -0.2) is 35.9 Å². The maximum Gasteiger partial charge on any atom is 0.241 e. The number of aromatic nitrogens is 1. The van der Waals surface area contributed by atoms with Gasteiger partial charge in [-0.15, -0.1) is 0 Å². The Bertz CT molecular complexity index is 628. The molecule has 1 aliphatic heterocycles. The van der Waals surface area contributed by atoms with Crippen molar-refractivity contribution in [2.24, 2.45) is 10.9 Å². The minimum Gasteiger partial charge on any atom is -0.501 e. The molecule has 0 aromatic carbocycles. The Morgan fingerprint density at radius 2 is 2.20 bits per heavy atom. The van der Waals surface area contributed by atoms with E-state index in [1.807, 2.05) is 10.6 Å². The van der Waals surface area contributed by atoms with Crippen LogP contribution >= 0.6 is 0 Å². The van der Waals surface area contributed by atoms with Gasteiger partial charge in [0.05, 0.1) is 20.4 Å². The van der Waals surface area contributed by atoms with Gasteiger partial charge < -0.3 is 19.1 Å². The molecule has 0 saturated heterocycles. The molecule has 0 saturated carbocycles. The summed E-state index contributed by atoms with van der Waals surface area (Å²) in [5.74, 6) is 0.864. The van der Waals surface area contributed by atoms with Crippen LogP contribution in [0.4, 0.5) is 0 Å². The van der Waals surface area contributed by atoms with Gasteiger partial charge >= 0.3 is 0 Å². The highest BCUT2D eigenvalue weighted by Crippen LogP contribution is 2.44. The predicted molar refractivity (Wildman–Crippen MR) is 72.6 cm³/mol. The van der Waals surface area contributed by atoms with Crippen LogP contribution in [0.15, 0.2) is 16.8 Å². The summed E-state index contributed by atoms with van der Waals surface area (Å²) in [4.78, 5) is 16.0. The Hall–Kier alpha value is -2.24. The van der Waals surface area contributed by atoms with Crippen LogP contribution in [0.25, 0.3) is 0 Å². The Kier molecular flexibility index (Phi) is 3.00. The summed E-state index contributed by atoms with van der Waals surface area (Å²) in [6.45, 7) is 0.535. The zero-order valence-electron chi connectivity index (χ0n) is 11.4. The fraction of sp³-hybridized carbons (Fsp3) is 0.429. The Morgan fingerprint density at radius 1 is 1.40 bits per heavy atom. The fourth-order valence-corrected chi connectivity index (χ4v) is 2.82. The number of aromatic hydroxyl groups is 1. The van der Waals surface area contributed by atoms with Crippen LogP contribution in [0, 0.1) is 5.92 Å². The van der Waals surface area contributed by atoms with Crippen LogP contribution in [0.2, 0.25) is 0 Å². The van der Waals surface area contributed by atoms with Gasteiger partial charge in [-0.1, -0.05) is 6.08 Å². The van der Waals surface area contributed by atoms with Gasteiger partial charge in [-0.2, -0.15) is 0 Å². The molecule has 2 heterocycles. The number of fused-ring (bicyclic) bond motifs is 2. The zero-order valence-corrected chi connectivity index (χ0v) is 11.4. The highest BCUT2D eigenvalue weighted by atomic mass is 16.5. The maximum atomic E-state index is 11.6. The van der Waals surface area contributed by atoms with E-state index in [0.29, 0.717) is 36.7 Å². The second-order valence-corrected chi connectivity index (χ2v) is 4.92. The van der Waals surface area contributed by atoms with Crippen LogP contribution in [0.5, 0.6) is 17.4 Å². The van der Waals surface area contributed by atoms with Gasteiger partial charge in [0, 0.05) is 31.0 Å². The van der Waals surface area contributed by atoms with E-state index in [1.54, 1.807) is 6.21 Å². The molecule has 6 heteroatoms. The predicted octanol–water partition coefficient (Wildman–Crippen LogP) is 1.51. The molecule has 0 amide bonds. The van der Waals surface area contributed by atoms with Gasteiger partial charge in [-0.05, 0) is 0 Å². The summed E-state index contributed by atoms with van der Waals surface area (Å²) in [6.07, 6.45) is 4.44. The molecule has 1 atom stereocenters. The first-order valence-electron chi connectivity index (χ1n) is 6.45. The van der Waals surface area contributed by atoms with E-state index in [1.165, 1.54) is 14.2 Å². The molecular weight excluding hydrogens is 260 g/mol. The molecule has 106 valence electrons. The number of allylic oxidation sites excluding steroid dienone is 2. The number of hydrogen-bond acceptors (Lipinski definition) is 5. The topological polar surface area (TPSA) is 73.0 Å². The number of hydrogen-bond donors (Lipinski definition) is 1. The SMILES string of the molecule is COc1c(O)c(OC)n2c1C=NC1=CCC(=O)CC1C2. The largest absolute Gasteiger partial charge is 0.501 e. The third kappa shape index (κ3) is 1.79. The molecule has 1 aromatic rings. The monoisotopic (exact) mass is 276 g/mol. The lowest BCUT2D eigenvalue weighted by atomic mass is 9.91. The number of carbonyl (C=O) groups excluding carboxylic acids is 1. The number of carbonyl (C=O) groups is 1. The van der Waals surface area contributed by atoms with Crippen molar-refractivity contribution < 1.29 is 19.4 Å². The van der Waals surface area contributed by atoms with Crippen molar-refractivity contribution in [3.8, 4) is 17.4 Å². The molecule has 2 aliphatic rings. The Labute approximate surface area is 116 Å². The molecule has 1 unspecified atom stereocenters. The lowest BCUT2D eigenvalue weighted by Crippen LogP contribution is -2.19. The van der Waals surface area contributed by atoms with Crippen molar-refractivity contribution >= 4 is 12.0 Å². The van der Waals surface area contributed by atoms with Gasteiger partial charge in [-0.25, -0.2) is 0 Å². The molecule has 0 fully saturated rings. The summed E-state index contributed by atoms with van der Waals surface area (Å²) >= 11 is 0. The fourth-order valence-electron chi connectivity index (χ4n) is 2.82. The first kappa shape index (κ1) is 12.8. The highest BCUT2D eigenvalue weighted by Gasteiger charge is 2.31. The Balaban J connectivity index is 2.12. The lowest BCUT2D eigenvalue weighted by molar-refractivity contribution is -0.119. The van der Waals surface area contributed by atoms with Crippen LogP contribution in [0.1, 0.15) is 18.5 Å². The number of Topliss-reactive ketones (excluding diaryl/α,β-unsaturated/α-hetero) is 1. The normalized spacial score (nSPS) is 20.8. The summed E-state index contributed by atoms with van der Waals surface area (Å²) < 4.78 is 12.3. The lowest BCUT2D eigenvalue weighted by Gasteiger charge is -2.20. The molecule has 1 aliphatic carbocycles. The summed E-state index contributed by atoms with van der Waals surface area (Å²) in [6, 6.07) is 0. The summed E-state index contributed by atoms with van der Waals surface area (Å²) in [5.41, 5.74) is 1.57. The molecule has 0 radical (unpaired) electrons. The first-order valence-corrected chi connectivity index (χ1v) is 6.45. The van der Waals surface area contributed by atoms with Crippen molar-refractivity contribution in [3.05, 3.63) is 17.5 Å². The van der Waals surface area contributed by atoms with E-state index < -0.39 is 0 Å². The molecule has 20 heavy (non-hydrogen) atoms. The van der Waals surface area contributed by atoms with Crippen molar-refractivity contribution in [2.75, 3.05) is 14.2 Å². The minimum atomic E-state index is -0.0361. The minimum absolute atomic E-state index is 0.0131. The molecule has 3 rings (SSSR count). The molecule has 0 spiro atoms. The van der Waals surface area contributed by atoms with E-state index in [9.17, 15) is 9.90 Å². The van der Waals surface area contributed by atoms with Crippen molar-refractivity contribution in [1.29, 1.82) is 0 Å². The molecule has 0 bridgehead atoms. The van der Waals surface area contributed by atoms with Gasteiger partial charge in [0.15, 0.2) is 5.75 Å². The number of methoxy groups -OCH3 is 2. The summed E-state index contributed by atoms with van der Waals surface area (Å²) in [5, 5.41) is 10.1. The van der Waals surface area contributed by atoms with Crippen LogP contribution in [-0.2, 0) is 11.3 Å². The number of nitrogens with zero attached hydrogens (tertiary/aromatic N) is 2. The van der Waals surface area contributed by atoms with Crippen molar-refractivity contribution in [1.82, 2.24) is 4.57 Å². The van der Waals surface area contributed by atoms with Crippen molar-refractivity contribution in [3.63, 3.8) is 0 Å². The summed E-state index contributed by atoms with van der Waals surface area (Å²) in [7, 11) is 2.98. The standard InChI is InChI=1S/C14H16N2O4/c1-19-13-11-6-15-10-4-3-9(17)5-8(10)7-16(11)14(20-2)12(13)18/h4,6,8,18H,3,5,7H2,1-2H3. The first-order chi connectivity index (χ1) is 9.65. The third-order valence-electron chi connectivity index (χ3n) is 3.75. The zero-order chi connectivity index (χ0) is 14.3. The van der Waals surface area contributed by atoms with Gasteiger partial charge in [0.25, 0.3) is 0 Å². The average molecular weight is 276 g/mol. The molecule has 1 N–H and O–H groups in total. The van der Waals surface area contributed by atoms with E-state index in [4.69, 9.17) is 9.47 Å². The van der Waals surface area contributed by atoms with Crippen LogP contribution < -0.4 is 9.47 Å². The smallest absolute Gasteiger partial charge is 0.241 e. The third-order valence-corrected chi connectivity index (χ3v) is 3.75. The molecular formula is C14H16N2O4. The van der Waals surface area contributed by atoms with E-state index in [-0.39, 0.29) is 17.5 Å². The second-order valence-electron chi connectivity index (χ2n) is 4.92. The van der Waals surface area contributed by atoms with E-state index in [2.05, 4.69) is 4.99 Å². The quantitative estimate of drug-likeness (QED) is 0.888. The van der Waals surface area contributed by atoms with Gasteiger partial charge in [0.1, 0.15) is 11.5 Å². The second kappa shape index (κ2) is 4.70. The number of aliphatic imine (C=N–C) groups is 1. The number of ether oxygens (including phenoxy) is 2. The number of rotatable bonds is 2. The Morgan fingerprint density at radius 3 is 2.90 bits per heavy atom. The van der Waals surface area contributed by atoms with E-state index >= 15 is 0 Å². The molecule has 6 nitrogen and oxygen atoms in total. The van der Waals surface area contributed by atoms with Crippen molar-refractivity contribution in [2.45, 2.75) is 19.4 Å². The average Bonchev–Trinajstić information content (AvgIpc) is 2.57.